The van der Waals surface area contributed by atoms with Gasteiger partial charge < -0.3 is 25.5 Å². The molecule has 158 valence electrons. The number of aliphatic hydroxyl groups is 1. The van der Waals surface area contributed by atoms with Crippen LogP contribution in [0.1, 0.15) is 26.7 Å². The summed E-state index contributed by atoms with van der Waals surface area (Å²) in [5.74, 6) is 2.16. The molecule has 2 aliphatic heterocycles. The molecule has 2 aromatic rings. The maximum Gasteiger partial charge on any atom is 0.229 e. The molecule has 3 N–H and O–H groups in total. The fraction of sp³-hybridized carbons (Fsp3) is 0.684. The fourth-order valence-electron chi connectivity index (χ4n) is 3.75. The smallest absolute Gasteiger partial charge is 0.229 e. The molecule has 2 aliphatic rings. The van der Waals surface area contributed by atoms with Crippen molar-refractivity contribution in [3.8, 4) is 0 Å². The van der Waals surface area contributed by atoms with Gasteiger partial charge in [-0.15, -0.1) is 0 Å². The first kappa shape index (κ1) is 20.3. The lowest BCUT2D eigenvalue weighted by molar-refractivity contribution is 0.249. The van der Waals surface area contributed by atoms with Crippen LogP contribution in [-0.2, 0) is 0 Å². The van der Waals surface area contributed by atoms with Crippen molar-refractivity contribution in [1.82, 2.24) is 25.3 Å². The summed E-state index contributed by atoms with van der Waals surface area (Å²) in [6, 6.07) is -0.160. The van der Waals surface area contributed by atoms with E-state index in [9.17, 15) is 5.11 Å². The summed E-state index contributed by atoms with van der Waals surface area (Å²) in [6.07, 6.45) is 2.28. The molecular weight excluding hydrogens is 392 g/mol. The van der Waals surface area contributed by atoms with Crippen molar-refractivity contribution >= 4 is 40.3 Å². The molecule has 0 saturated carbocycles. The number of piperazine rings is 1. The molecule has 0 aliphatic carbocycles. The molecule has 0 radical (unpaired) electrons. The van der Waals surface area contributed by atoms with Gasteiger partial charge >= 0.3 is 0 Å². The van der Waals surface area contributed by atoms with Crippen LogP contribution in [0.4, 0.5) is 17.6 Å². The second-order valence-corrected chi connectivity index (χ2v) is 8.35. The van der Waals surface area contributed by atoms with Gasteiger partial charge in [-0.2, -0.15) is 9.97 Å². The van der Waals surface area contributed by atoms with Crippen molar-refractivity contribution in [3.63, 3.8) is 0 Å². The highest BCUT2D eigenvalue weighted by Gasteiger charge is 2.24. The van der Waals surface area contributed by atoms with Crippen molar-refractivity contribution in [3.05, 3.63) is 5.15 Å². The van der Waals surface area contributed by atoms with E-state index >= 15 is 0 Å². The molecular formula is C19H29ClN8O. The third-order valence-corrected chi connectivity index (χ3v) is 5.85. The van der Waals surface area contributed by atoms with Gasteiger partial charge in [0.25, 0.3) is 0 Å². The van der Waals surface area contributed by atoms with E-state index in [1.165, 1.54) is 0 Å². The first-order chi connectivity index (χ1) is 14.1. The lowest BCUT2D eigenvalue weighted by atomic mass is 10.1. The summed E-state index contributed by atoms with van der Waals surface area (Å²) in [6.45, 7) is 9.49. The molecule has 2 aromatic heterocycles. The second-order valence-electron chi connectivity index (χ2n) is 7.99. The van der Waals surface area contributed by atoms with Crippen molar-refractivity contribution in [2.45, 2.75) is 32.7 Å². The molecule has 2 fully saturated rings. The monoisotopic (exact) mass is 420 g/mol. The Balaban J connectivity index is 1.78. The Labute approximate surface area is 175 Å². The summed E-state index contributed by atoms with van der Waals surface area (Å²) in [5, 5.41) is 16.5. The number of hydrogen-bond acceptors (Lipinski definition) is 9. The third kappa shape index (κ3) is 4.31. The van der Waals surface area contributed by atoms with E-state index in [2.05, 4.69) is 25.4 Å². The molecule has 0 aromatic carbocycles. The van der Waals surface area contributed by atoms with E-state index in [0.29, 0.717) is 22.9 Å². The summed E-state index contributed by atoms with van der Waals surface area (Å²) in [5.41, 5.74) is 1.16. The Morgan fingerprint density at radius 3 is 2.41 bits per heavy atom. The molecule has 2 saturated heterocycles. The first-order valence-corrected chi connectivity index (χ1v) is 10.8. The number of halogens is 1. The summed E-state index contributed by atoms with van der Waals surface area (Å²) < 4.78 is 0. The number of aromatic nitrogens is 4. The zero-order chi connectivity index (χ0) is 20.4. The van der Waals surface area contributed by atoms with Gasteiger partial charge in [-0.1, -0.05) is 25.4 Å². The zero-order valence-electron chi connectivity index (χ0n) is 17.0. The van der Waals surface area contributed by atoms with Crippen molar-refractivity contribution in [1.29, 1.82) is 0 Å². The predicted molar refractivity (Wildman–Crippen MR) is 116 cm³/mol. The predicted octanol–water partition coefficient (Wildman–Crippen LogP) is 1.51. The zero-order valence-corrected chi connectivity index (χ0v) is 17.8. The van der Waals surface area contributed by atoms with Crippen LogP contribution >= 0.6 is 11.6 Å². The Kier molecular flexibility index (Phi) is 6.17. The average molecular weight is 421 g/mol. The second kappa shape index (κ2) is 8.81. The topological polar surface area (TPSA) is 102 Å². The third-order valence-electron chi connectivity index (χ3n) is 5.59. The van der Waals surface area contributed by atoms with Gasteiger partial charge in [0.1, 0.15) is 0 Å². The Bertz CT molecular complexity index is 852. The van der Waals surface area contributed by atoms with Crippen LogP contribution < -0.4 is 20.4 Å². The van der Waals surface area contributed by atoms with Crippen LogP contribution in [-0.4, -0.2) is 77.0 Å². The number of hydrogen-bond donors (Lipinski definition) is 3. The minimum absolute atomic E-state index is 0.0114. The number of fused-ring (bicyclic) bond motifs is 1. The van der Waals surface area contributed by atoms with Crippen molar-refractivity contribution < 1.29 is 5.11 Å². The minimum atomic E-state index is -0.160. The molecule has 0 unspecified atom stereocenters. The molecule has 9 nitrogen and oxygen atoms in total. The van der Waals surface area contributed by atoms with Gasteiger partial charge in [-0.25, -0.2) is 9.97 Å². The first-order valence-electron chi connectivity index (χ1n) is 10.4. The van der Waals surface area contributed by atoms with E-state index in [-0.39, 0.29) is 23.7 Å². The molecule has 10 heteroatoms. The van der Waals surface area contributed by atoms with Gasteiger partial charge in [0.2, 0.25) is 5.95 Å². The highest BCUT2D eigenvalue weighted by Crippen LogP contribution is 2.30. The van der Waals surface area contributed by atoms with Crippen LogP contribution in [0.3, 0.4) is 0 Å². The fourth-order valence-corrected chi connectivity index (χ4v) is 3.93. The lowest BCUT2D eigenvalue weighted by Crippen LogP contribution is -2.44. The maximum absolute atomic E-state index is 9.67. The highest BCUT2D eigenvalue weighted by atomic mass is 35.5. The van der Waals surface area contributed by atoms with Crippen LogP contribution in [0, 0.1) is 5.92 Å². The largest absolute Gasteiger partial charge is 0.394 e. The van der Waals surface area contributed by atoms with Crippen LogP contribution in [0.2, 0.25) is 5.15 Å². The normalized spacial score (nSPS) is 18.7. The summed E-state index contributed by atoms with van der Waals surface area (Å²) in [4.78, 5) is 23.4. The molecule has 4 rings (SSSR count). The molecule has 0 amide bonds. The summed E-state index contributed by atoms with van der Waals surface area (Å²) >= 11 is 6.47. The number of anilines is 3. The van der Waals surface area contributed by atoms with Crippen LogP contribution in [0.15, 0.2) is 0 Å². The maximum atomic E-state index is 9.67. The van der Waals surface area contributed by atoms with Crippen LogP contribution in [0.25, 0.3) is 11.2 Å². The van der Waals surface area contributed by atoms with E-state index in [0.717, 1.165) is 57.9 Å². The van der Waals surface area contributed by atoms with Gasteiger partial charge in [0.05, 0.1) is 12.6 Å². The van der Waals surface area contributed by atoms with E-state index in [1.54, 1.807) is 0 Å². The Morgan fingerprint density at radius 2 is 1.76 bits per heavy atom. The van der Waals surface area contributed by atoms with E-state index in [4.69, 9.17) is 26.6 Å². The number of aliphatic hydroxyl groups excluding tert-OH is 1. The minimum Gasteiger partial charge on any atom is -0.394 e. The highest BCUT2D eigenvalue weighted by molar-refractivity contribution is 6.32. The van der Waals surface area contributed by atoms with Gasteiger partial charge in [-0.05, 0) is 18.8 Å². The van der Waals surface area contributed by atoms with Crippen molar-refractivity contribution in [2.24, 2.45) is 5.92 Å². The molecule has 1 atom stereocenters. The Hall–Kier alpha value is -1.97. The average Bonchev–Trinajstić information content (AvgIpc) is 3.26. The van der Waals surface area contributed by atoms with Crippen LogP contribution in [0.5, 0.6) is 0 Å². The number of nitrogens with one attached hydrogen (secondary N) is 2. The lowest BCUT2D eigenvalue weighted by Gasteiger charge is -2.28. The summed E-state index contributed by atoms with van der Waals surface area (Å²) in [7, 11) is 0. The van der Waals surface area contributed by atoms with E-state index < -0.39 is 0 Å². The molecule has 29 heavy (non-hydrogen) atoms. The number of rotatable bonds is 6. The van der Waals surface area contributed by atoms with Crippen molar-refractivity contribution in [2.75, 3.05) is 61.0 Å². The number of nitrogens with zero attached hydrogens (tertiary/aromatic N) is 6. The molecule has 0 bridgehead atoms. The standard InChI is InChI=1S/C19H29ClN8O/c1-12(2)13(11-29)22-17-15(20)23-14-16(24-17)25-19(28-9-5-21-6-10-28)26-18(14)27-7-3-4-8-27/h12-13,21,29H,3-11H2,1-2H3,(H,22,24,25,26)/t13-/m1/s1. The van der Waals surface area contributed by atoms with Gasteiger partial charge in [0.15, 0.2) is 28.0 Å². The van der Waals surface area contributed by atoms with Gasteiger partial charge in [0, 0.05) is 39.3 Å². The molecule has 4 heterocycles. The quantitative estimate of drug-likeness (QED) is 0.641. The van der Waals surface area contributed by atoms with Gasteiger partial charge in [-0.3, -0.25) is 0 Å². The Morgan fingerprint density at radius 1 is 1.03 bits per heavy atom. The molecule has 0 spiro atoms. The van der Waals surface area contributed by atoms with E-state index in [1.807, 2.05) is 13.8 Å². The SMILES string of the molecule is CC(C)[C@@H](CO)Nc1nc2nc(N3CCNCC3)nc(N3CCCC3)c2nc1Cl.